The minimum atomic E-state index is -0.0697. The zero-order valence-electron chi connectivity index (χ0n) is 10.6. The van der Waals surface area contributed by atoms with Gasteiger partial charge in [-0.3, -0.25) is 9.78 Å². The van der Waals surface area contributed by atoms with E-state index in [9.17, 15) is 4.79 Å². The zero-order chi connectivity index (χ0) is 12.8. The van der Waals surface area contributed by atoms with Gasteiger partial charge in [0, 0.05) is 26.4 Å². The molecule has 1 aromatic rings. The Hall–Kier alpha value is -1.62. The molecule has 2 N–H and O–H groups in total. The summed E-state index contributed by atoms with van der Waals surface area (Å²) in [4.78, 5) is 16.0. The molecule has 1 aromatic heterocycles. The van der Waals surface area contributed by atoms with Crippen molar-refractivity contribution >= 4 is 11.6 Å². The topological polar surface area (TPSA) is 63.2 Å². The Morgan fingerprint density at radius 1 is 1.61 bits per heavy atom. The van der Waals surface area contributed by atoms with Gasteiger partial charge in [0.1, 0.15) is 0 Å². The van der Waals surface area contributed by atoms with Crippen molar-refractivity contribution in [3.8, 4) is 0 Å². The smallest absolute Gasteiger partial charge is 0.253 e. The molecule has 0 spiro atoms. The highest BCUT2D eigenvalue weighted by molar-refractivity contribution is 5.99. The molecule has 1 saturated heterocycles. The van der Waals surface area contributed by atoms with Gasteiger partial charge >= 0.3 is 0 Å². The van der Waals surface area contributed by atoms with E-state index in [1.54, 1.807) is 25.5 Å². The van der Waals surface area contributed by atoms with E-state index in [0.29, 0.717) is 18.2 Å². The summed E-state index contributed by atoms with van der Waals surface area (Å²) in [6.45, 7) is 1.50. The number of amides is 1. The minimum absolute atomic E-state index is 0.0697. The van der Waals surface area contributed by atoms with Gasteiger partial charge in [-0.1, -0.05) is 0 Å². The summed E-state index contributed by atoms with van der Waals surface area (Å²) in [6, 6.07) is 1.72. The third-order valence-electron chi connectivity index (χ3n) is 3.11. The number of ether oxygens (including phenoxy) is 1. The number of nitrogens with zero attached hydrogens (tertiary/aromatic N) is 1. The average molecular weight is 249 g/mol. The number of pyridine rings is 1. The third-order valence-corrected chi connectivity index (χ3v) is 3.11. The van der Waals surface area contributed by atoms with Crippen LogP contribution in [-0.4, -0.2) is 37.2 Å². The molecular formula is C13H19N3O2. The van der Waals surface area contributed by atoms with Crippen LogP contribution in [0.3, 0.4) is 0 Å². The fourth-order valence-corrected chi connectivity index (χ4v) is 2.11. The maximum Gasteiger partial charge on any atom is 0.253 e. The van der Waals surface area contributed by atoms with Gasteiger partial charge in [0.2, 0.25) is 0 Å². The van der Waals surface area contributed by atoms with Crippen LogP contribution in [0.15, 0.2) is 18.5 Å². The van der Waals surface area contributed by atoms with Crippen molar-refractivity contribution in [2.45, 2.75) is 25.4 Å². The van der Waals surface area contributed by atoms with E-state index in [1.165, 1.54) is 0 Å². The average Bonchev–Trinajstić information content (AvgIpc) is 2.91. The van der Waals surface area contributed by atoms with Crippen molar-refractivity contribution in [2.24, 2.45) is 0 Å². The van der Waals surface area contributed by atoms with Gasteiger partial charge in [-0.05, 0) is 25.3 Å². The maximum absolute atomic E-state index is 12.0. The normalized spacial score (nSPS) is 18.6. The van der Waals surface area contributed by atoms with Crippen LogP contribution in [0.25, 0.3) is 0 Å². The molecule has 0 aromatic carbocycles. The molecule has 1 aliphatic heterocycles. The van der Waals surface area contributed by atoms with E-state index in [1.807, 2.05) is 0 Å². The second-order valence-electron chi connectivity index (χ2n) is 4.35. The van der Waals surface area contributed by atoms with Gasteiger partial charge < -0.3 is 15.4 Å². The lowest BCUT2D eigenvalue weighted by Gasteiger charge is -2.11. The second kappa shape index (κ2) is 6.35. The largest absolute Gasteiger partial charge is 0.386 e. The molecule has 98 valence electrons. The Morgan fingerprint density at radius 2 is 2.50 bits per heavy atom. The number of aromatic nitrogens is 1. The van der Waals surface area contributed by atoms with Crippen LogP contribution in [-0.2, 0) is 4.74 Å². The zero-order valence-corrected chi connectivity index (χ0v) is 10.6. The first kappa shape index (κ1) is 12.8. The number of carbonyl (C=O) groups is 1. The van der Waals surface area contributed by atoms with Gasteiger partial charge in [0.05, 0.1) is 23.6 Å². The van der Waals surface area contributed by atoms with Gasteiger partial charge in [0.25, 0.3) is 5.91 Å². The van der Waals surface area contributed by atoms with Gasteiger partial charge in [-0.2, -0.15) is 0 Å². The van der Waals surface area contributed by atoms with Gasteiger partial charge in [-0.15, -0.1) is 0 Å². The quantitative estimate of drug-likeness (QED) is 0.828. The van der Waals surface area contributed by atoms with E-state index >= 15 is 0 Å². The van der Waals surface area contributed by atoms with E-state index in [-0.39, 0.29) is 5.91 Å². The van der Waals surface area contributed by atoms with E-state index in [0.717, 1.165) is 31.6 Å². The second-order valence-corrected chi connectivity index (χ2v) is 4.35. The molecule has 1 atom stereocenters. The molecule has 18 heavy (non-hydrogen) atoms. The SMILES string of the molecule is CNc1cnccc1C(=O)NCCC1CCCO1. The highest BCUT2D eigenvalue weighted by Crippen LogP contribution is 2.15. The Balaban J connectivity index is 1.83. The summed E-state index contributed by atoms with van der Waals surface area (Å²) in [5.74, 6) is -0.0697. The fourth-order valence-electron chi connectivity index (χ4n) is 2.11. The highest BCUT2D eigenvalue weighted by Gasteiger charge is 2.16. The Bertz CT molecular complexity index is 403. The molecular weight excluding hydrogens is 230 g/mol. The van der Waals surface area contributed by atoms with Crippen molar-refractivity contribution in [2.75, 3.05) is 25.5 Å². The highest BCUT2D eigenvalue weighted by atomic mass is 16.5. The standard InChI is InChI=1S/C13H19N3O2/c1-14-12-9-15-6-5-11(12)13(17)16-7-4-10-3-2-8-18-10/h5-6,9-10,14H,2-4,7-8H2,1H3,(H,16,17). The minimum Gasteiger partial charge on any atom is -0.386 e. The van der Waals surface area contributed by atoms with Crippen molar-refractivity contribution in [1.29, 1.82) is 0 Å². The van der Waals surface area contributed by atoms with Crippen LogP contribution in [0, 0.1) is 0 Å². The summed E-state index contributed by atoms with van der Waals surface area (Å²) >= 11 is 0. The van der Waals surface area contributed by atoms with Crippen LogP contribution >= 0.6 is 0 Å². The Labute approximate surface area is 107 Å². The maximum atomic E-state index is 12.0. The van der Waals surface area contributed by atoms with Crippen LogP contribution in [0.2, 0.25) is 0 Å². The lowest BCUT2D eigenvalue weighted by atomic mass is 10.1. The summed E-state index contributed by atoms with van der Waals surface area (Å²) in [5, 5.41) is 5.87. The summed E-state index contributed by atoms with van der Waals surface area (Å²) in [5.41, 5.74) is 1.37. The molecule has 2 heterocycles. The third kappa shape index (κ3) is 3.20. The van der Waals surface area contributed by atoms with E-state index < -0.39 is 0 Å². The van der Waals surface area contributed by atoms with Crippen molar-refractivity contribution < 1.29 is 9.53 Å². The molecule has 1 fully saturated rings. The molecule has 1 unspecified atom stereocenters. The number of rotatable bonds is 5. The van der Waals surface area contributed by atoms with Crippen molar-refractivity contribution in [1.82, 2.24) is 10.3 Å². The molecule has 5 heteroatoms. The van der Waals surface area contributed by atoms with Crippen molar-refractivity contribution in [3.05, 3.63) is 24.0 Å². The predicted octanol–water partition coefficient (Wildman–Crippen LogP) is 1.42. The van der Waals surface area contributed by atoms with E-state index in [4.69, 9.17) is 4.74 Å². The van der Waals surface area contributed by atoms with Gasteiger partial charge in [-0.25, -0.2) is 0 Å². The monoisotopic (exact) mass is 249 g/mol. The molecule has 0 radical (unpaired) electrons. The Kier molecular flexibility index (Phi) is 4.52. The van der Waals surface area contributed by atoms with Crippen LogP contribution in [0.4, 0.5) is 5.69 Å². The number of nitrogens with one attached hydrogen (secondary N) is 2. The van der Waals surface area contributed by atoms with Crippen LogP contribution < -0.4 is 10.6 Å². The lowest BCUT2D eigenvalue weighted by molar-refractivity contribution is 0.0908. The first-order valence-electron chi connectivity index (χ1n) is 6.33. The molecule has 0 saturated carbocycles. The predicted molar refractivity (Wildman–Crippen MR) is 69.7 cm³/mol. The molecule has 1 aliphatic rings. The van der Waals surface area contributed by atoms with Gasteiger partial charge in [0.15, 0.2) is 0 Å². The van der Waals surface area contributed by atoms with Crippen LogP contribution in [0.5, 0.6) is 0 Å². The number of hydrogen-bond donors (Lipinski definition) is 2. The summed E-state index contributed by atoms with van der Waals surface area (Å²) in [7, 11) is 1.78. The molecule has 1 amide bonds. The van der Waals surface area contributed by atoms with Crippen molar-refractivity contribution in [3.63, 3.8) is 0 Å². The summed E-state index contributed by atoms with van der Waals surface area (Å²) in [6.07, 6.45) is 6.70. The van der Waals surface area contributed by atoms with Crippen LogP contribution in [0.1, 0.15) is 29.6 Å². The first-order chi connectivity index (χ1) is 8.81. The Morgan fingerprint density at radius 3 is 3.22 bits per heavy atom. The summed E-state index contributed by atoms with van der Waals surface area (Å²) < 4.78 is 5.51. The number of hydrogen-bond acceptors (Lipinski definition) is 4. The fraction of sp³-hybridized carbons (Fsp3) is 0.538. The first-order valence-corrected chi connectivity index (χ1v) is 6.33. The number of carbonyl (C=O) groups excluding carboxylic acids is 1. The number of anilines is 1. The lowest BCUT2D eigenvalue weighted by Crippen LogP contribution is -2.27. The molecule has 5 nitrogen and oxygen atoms in total. The molecule has 2 rings (SSSR count). The molecule has 0 bridgehead atoms. The molecule has 0 aliphatic carbocycles. The van der Waals surface area contributed by atoms with E-state index in [2.05, 4.69) is 15.6 Å².